The molecule has 14 heavy (non-hydrogen) atoms. The fourth-order valence-corrected chi connectivity index (χ4v) is 2.51. The molecule has 2 rings (SSSR count). The Labute approximate surface area is 86.8 Å². The van der Waals surface area contributed by atoms with Crippen LogP contribution in [0.1, 0.15) is 9.88 Å². The van der Waals surface area contributed by atoms with E-state index in [0.717, 1.165) is 11.6 Å². The van der Waals surface area contributed by atoms with Crippen LogP contribution in [0.3, 0.4) is 0 Å². The molecule has 0 saturated carbocycles. The third-order valence-corrected chi connectivity index (χ3v) is 3.28. The normalized spacial score (nSPS) is 28.5. The highest BCUT2D eigenvalue weighted by atomic mass is 32.1. The summed E-state index contributed by atoms with van der Waals surface area (Å²) in [4.78, 5) is 7.39. The number of likely N-dealkylation sites (tertiary alicyclic amines) is 1. The summed E-state index contributed by atoms with van der Waals surface area (Å²) in [5.74, 6) is 0. The zero-order valence-electron chi connectivity index (χ0n) is 8.05. The zero-order chi connectivity index (χ0) is 10.1. The molecule has 1 aliphatic rings. The monoisotopic (exact) mass is 214 g/mol. The van der Waals surface area contributed by atoms with Gasteiger partial charge in [0.15, 0.2) is 0 Å². The number of rotatable bonds is 2. The Morgan fingerprint density at radius 3 is 2.64 bits per heavy atom. The molecule has 2 heterocycles. The van der Waals surface area contributed by atoms with Crippen molar-refractivity contribution in [1.29, 1.82) is 0 Å². The Morgan fingerprint density at radius 2 is 2.14 bits per heavy atom. The van der Waals surface area contributed by atoms with Gasteiger partial charge in [-0.15, -0.1) is 11.3 Å². The first-order valence-corrected chi connectivity index (χ1v) is 5.46. The summed E-state index contributed by atoms with van der Waals surface area (Å²) in [5, 5.41) is 19.8. The van der Waals surface area contributed by atoms with Crippen LogP contribution in [-0.4, -0.2) is 45.4 Å². The highest BCUT2D eigenvalue weighted by Gasteiger charge is 2.29. The highest BCUT2D eigenvalue weighted by Crippen LogP contribution is 2.18. The highest BCUT2D eigenvalue weighted by molar-refractivity contribution is 7.11. The lowest BCUT2D eigenvalue weighted by molar-refractivity contribution is 0.0572. The van der Waals surface area contributed by atoms with Crippen LogP contribution in [0.4, 0.5) is 0 Å². The molecule has 78 valence electrons. The minimum Gasteiger partial charge on any atom is -0.389 e. The van der Waals surface area contributed by atoms with Gasteiger partial charge < -0.3 is 10.2 Å². The quantitative estimate of drug-likeness (QED) is 0.727. The van der Waals surface area contributed by atoms with Gasteiger partial charge in [0.25, 0.3) is 0 Å². The van der Waals surface area contributed by atoms with Gasteiger partial charge in [-0.1, -0.05) is 0 Å². The lowest BCUT2D eigenvalue weighted by Crippen LogP contribution is -2.22. The fourth-order valence-electron chi connectivity index (χ4n) is 1.67. The summed E-state index contributed by atoms with van der Waals surface area (Å²) in [6, 6.07) is 0. The Balaban J connectivity index is 1.93. The van der Waals surface area contributed by atoms with Gasteiger partial charge in [0.2, 0.25) is 0 Å². The molecule has 2 N–H and O–H groups in total. The van der Waals surface area contributed by atoms with Gasteiger partial charge in [0, 0.05) is 30.7 Å². The summed E-state index contributed by atoms with van der Waals surface area (Å²) >= 11 is 1.66. The minimum atomic E-state index is -0.594. The van der Waals surface area contributed by atoms with Crippen molar-refractivity contribution < 1.29 is 10.2 Å². The van der Waals surface area contributed by atoms with Gasteiger partial charge in [-0.05, 0) is 6.92 Å². The van der Waals surface area contributed by atoms with Crippen LogP contribution in [0.25, 0.3) is 0 Å². The number of hydrogen-bond donors (Lipinski definition) is 2. The van der Waals surface area contributed by atoms with Gasteiger partial charge >= 0.3 is 0 Å². The van der Waals surface area contributed by atoms with Crippen molar-refractivity contribution in [2.24, 2.45) is 0 Å². The van der Waals surface area contributed by atoms with E-state index in [4.69, 9.17) is 0 Å². The molecule has 0 spiro atoms. The molecule has 1 aromatic rings. The molecule has 0 bridgehead atoms. The molecule has 0 aromatic carbocycles. The van der Waals surface area contributed by atoms with Crippen LogP contribution in [0.5, 0.6) is 0 Å². The Hall–Kier alpha value is -0.490. The van der Waals surface area contributed by atoms with Crippen LogP contribution in [0, 0.1) is 6.92 Å². The molecule has 4 nitrogen and oxygen atoms in total. The topological polar surface area (TPSA) is 56.6 Å². The number of aryl methyl sites for hydroxylation is 1. The first-order chi connectivity index (χ1) is 6.65. The maximum Gasteiger partial charge on any atom is 0.0938 e. The van der Waals surface area contributed by atoms with Crippen molar-refractivity contribution in [2.45, 2.75) is 25.7 Å². The lowest BCUT2D eigenvalue weighted by Gasteiger charge is -2.12. The van der Waals surface area contributed by atoms with Crippen molar-refractivity contribution in [1.82, 2.24) is 9.88 Å². The van der Waals surface area contributed by atoms with Gasteiger partial charge in [0.1, 0.15) is 0 Å². The van der Waals surface area contributed by atoms with Gasteiger partial charge in [-0.25, -0.2) is 4.98 Å². The number of aromatic nitrogens is 1. The maximum atomic E-state index is 9.35. The molecule has 0 radical (unpaired) electrons. The molecule has 0 aliphatic carbocycles. The third-order valence-electron chi connectivity index (χ3n) is 2.38. The molecule has 1 fully saturated rings. The summed E-state index contributed by atoms with van der Waals surface area (Å²) in [6.07, 6.45) is 0.671. The van der Waals surface area contributed by atoms with Crippen molar-refractivity contribution >= 4 is 11.3 Å². The van der Waals surface area contributed by atoms with Gasteiger partial charge in [-0.3, -0.25) is 4.90 Å². The number of aliphatic hydroxyl groups excluding tert-OH is 2. The molecule has 2 unspecified atom stereocenters. The van der Waals surface area contributed by atoms with E-state index in [1.807, 2.05) is 18.0 Å². The van der Waals surface area contributed by atoms with Crippen LogP contribution in [0.15, 0.2) is 6.20 Å². The number of aliphatic hydroxyl groups is 2. The average Bonchev–Trinajstić information content (AvgIpc) is 2.62. The van der Waals surface area contributed by atoms with Crippen LogP contribution in [-0.2, 0) is 6.54 Å². The molecule has 5 heteroatoms. The predicted octanol–water partition coefficient (Wildman–Crippen LogP) is -0.0111. The van der Waals surface area contributed by atoms with Gasteiger partial charge in [0.05, 0.1) is 17.2 Å². The van der Waals surface area contributed by atoms with Crippen molar-refractivity contribution in [3.63, 3.8) is 0 Å². The molecule has 1 aromatic heterocycles. The van der Waals surface area contributed by atoms with Crippen LogP contribution < -0.4 is 0 Å². The van der Waals surface area contributed by atoms with E-state index < -0.39 is 12.2 Å². The second kappa shape index (κ2) is 3.94. The minimum absolute atomic E-state index is 0.554. The van der Waals surface area contributed by atoms with Crippen molar-refractivity contribution in [3.05, 3.63) is 16.1 Å². The smallest absolute Gasteiger partial charge is 0.0938 e. The van der Waals surface area contributed by atoms with E-state index >= 15 is 0 Å². The van der Waals surface area contributed by atoms with Crippen molar-refractivity contribution in [3.8, 4) is 0 Å². The first-order valence-electron chi connectivity index (χ1n) is 4.65. The fraction of sp³-hybridized carbons (Fsp3) is 0.667. The second-order valence-electron chi connectivity index (χ2n) is 3.67. The van der Waals surface area contributed by atoms with Gasteiger partial charge in [-0.2, -0.15) is 0 Å². The summed E-state index contributed by atoms with van der Waals surface area (Å²) < 4.78 is 0. The second-order valence-corrected chi connectivity index (χ2v) is 4.99. The van der Waals surface area contributed by atoms with E-state index in [9.17, 15) is 10.2 Å². The Kier molecular flexibility index (Phi) is 2.83. The number of hydrogen-bond acceptors (Lipinski definition) is 5. The standard InChI is InChI=1S/C9H14N2O2S/c1-6-10-2-7(14-6)3-11-4-8(12)9(13)5-11/h2,8-9,12-13H,3-5H2,1H3. The van der Waals surface area contributed by atoms with E-state index in [1.54, 1.807) is 11.3 Å². The molecule has 2 atom stereocenters. The third kappa shape index (κ3) is 2.12. The average molecular weight is 214 g/mol. The Bertz CT molecular complexity index is 306. The summed E-state index contributed by atoms with van der Waals surface area (Å²) in [6.45, 7) is 3.86. The molecular weight excluding hydrogens is 200 g/mol. The van der Waals surface area contributed by atoms with E-state index in [0.29, 0.717) is 13.1 Å². The van der Waals surface area contributed by atoms with E-state index in [1.165, 1.54) is 4.88 Å². The van der Waals surface area contributed by atoms with Crippen LogP contribution >= 0.6 is 11.3 Å². The SMILES string of the molecule is Cc1ncc(CN2CC(O)C(O)C2)s1. The van der Waals surface area contributed by atoms with E-state index in [-0.39, 0.29) is 0 Å². The molecular formula is C9H14N2O2S. The maximum absolute atomic E-state index is 9.35. The number of β-amino-alcohol motifs (C(OH)–C–C–N with tert-alkyl or cyclic N) is 2. The zero-order valence-corrected chi connectivity index (χ0v) is 8.87. The molecule has 1 aliphatic heterocycles. The Morgan fingerprint density at radius 1 is 1.50 bits per heavy atom. The predicted molar refractivity (Wildman–Crippen MR) is 54.1 cm³/mol. The number of thiazole rings is 1. The first kappa shape index (κ1) is 10.0. The van der Waals surface area contributed by atoms with Crippen LogP contribution in [0.2, 0.25) is 0 Å². The molecule has 0 amide bonds. The number of nitrogens with zero attached hydrogens (tertiary/aromatic N) is 2. The molecule has 1 saturated heterocycles. The summed E-state index contributed by atoms with van der Waals surface area (Å²) in [7, 11) is 0. The van der Waals surface area contributed by atoms with Crippen molar-refractivity contribution in [2.75, 3.05) is 13.1 Å². The van der Waals surface area contributed by atoms with E-state index in [2.05, 4.69) is 4.98 Å². The summed E-state index contributed by atoms with van der Waals surface area (Å²) in [5.41, 5.74) is 0. The largest absolute Gasteiger partial charge is 0.389 e. The lowest BCUT2D eigenvalue weighted by atomic mass is 10.3.